The third-order valence-corrected chi connectivity index (χ3v) is 8.73. The zero-order valence-corrected chi connectivity index (χ0v) is 32.4. The standard InChI is InChI=1S/C36H64N3O8P/c1-12-14-16-24-39(25-17-15-13-2)33(42)30(22-23-31(40)44-34(3,4)5)38-32(41)29(37)26-27-18-20-28(21-19-27)45-48(43,46-35(6,7)8)47-36(9,10)11/h18-21,29-30H,12-17,22-26,37H2,1-11H3,(H,38,41)/t29-,30-/m0/s1. The van der Waals surface area contributed by atoms with Gasteiger partial charge in [-0.25, -0.2) is 4.57 Å². The number of unbranched alkanes of at least 4 members (excludes halogenated alkanes) is 4. The summed E-state index contributed by atoms with van der Waals surface area (Å²) in [5.41, 5.74) is 4.84. The molecule has 0 aliphatic carbocycles. The molecule has 0 aliphatic heterocycles. The fraction of sp³-hybridized carbons (Fsp3) is 0.750. The molecule has 2 amide bonds. The molecule has 2 atom stereocenters. The third-order valence-electron chi connectivity index (χ3n) is 6.75. The average Bonchev–Trinajstić information content (AvgIpc) is 2.92. The Morgan fingerprint density at radius 1 is 0.812 bits per heavy atom. The van der Waals surface area contributed by atoms with Crippen molar-refractivity contribution in [3.8, 4) is 5.75 Å². The van der Waals surface area contributed by atoms with Crippen LogP contribution in [-0.4, -0.2) is 64.7 Å². The Morgan fingerprint density at radius 2 is 1.31 bits per heavy atom. The zero-order chi connectivity index (χ0) is 36.8. The number of hydrogen-bond acceptors (Lipinski definition) is 9. The molecule has 1 aromatic carbocycles. The van der Waals surface area contributed by atoms with E-state index in [1.54, 1.807) is 91.5 Å². The van der Waals surface area contributed by atoms with Gasteiger partial charge in [-0.2, -0.15) is 0 Å². The summed E-state index contributed by atoms with van der Waals surface area (Å²) < 4.78 is 36.1. The van der Waals surface area contributed by atoms with Crippen molar-refractivity contribution in [1.29, 1.82) is 0 Å². The molecule has 3 N–H and O–H groups in total. The van der Waals surface area contributed by atoms with Crippen LogP contribution in [-0.2, 0) is 39.2 Å². The van der Waals surface area contributed by atoms with Gasteiger partial charge in [0.15, 0.2) is 0 Å². The predicted octanol–water partition coefficient (Wildman–Crippen LogP) is 7.49. The molecule has 0 bridgehead atoms. The molecule has 12 heteroatoms. The lowest BCUT2D eigenvalue weighted by molar-refractivity contribution is -0.155. The number of amides is 2. The Balaban J connectivity index is 3.09. The van der Waals surface area contributed by atoms with E-state index in [0.717, 1.165) is 44.1 Å². The van der Waals surface area contributed by atoms with E-state index >= 15 is 0 Å². The first-order chi connectivity index (χ1) is 22.1. The minimum Gasteiger partial charge on any atom is -0.460 e. The minimum absolute atomic E-state index is 0.0237. The lowest BCUT2D eigenvalue weighted by Gasteiger charge is -2.30. The lowest BCUT2D eigenvalue weighted by atomic mass is 10.0. The van der Waals surface area contributed by atoms with Crippen molar-refractivity contribution < 1.29 is 37.3 Å². The maximum absolute atomic E-state index is 13.8. The van der Waals surface area contributed by atoms with Crippen molar-refractivity contribution >= 4 is 25.6 Å². The summed E-state index contributed by atoms with van der Waals surface area (Å²) in [5.74, 6) is -0.878. The fourth-order valence-electron chi connectivity index (χ4n) is 4.74. The molecular weight excluding hydrogens is 633 g/mol. The van der Waals surface area contributed by atoms with E-state index in [1.165, 1.54) is 0 Å². The first kappa shape index (κ1) is 43.6. The van der Waals surface area contributed by atoms with Crippen molar-refractivity contribution in [2.75, 3.05) is 13.1 Å². The molecule has 11 nitrogen and oxygen atoms in total. The van der Waals surface area contributed by atoms with Gasteiger partial charge in [-0.3, -0.25) is 23.4 Å². The zero-order valence-electron chi connectivity index (χ0n) is 31.5. The summed E-state index contributed by atoms with van der Waals surface area (Å²) in [7, 11) is -3.98. The molecular formula is C36H64N3O8P. The third kappa shape index (κ3) is 18.9. The van der Waals surface area contributed by atoms with E-state index < -0.39 is 48.6 Å². The fourth-order valence-corrected chi connectivity index (χ4v) is 6.57. The number of phosphoric acid groups is 1. The summed E-state index contributed by atoms with van der Waals surface area (Å²) in [6.07, 6.45) is 6.00. The van der Waals surface area contributed by atoms with Crippen LogP contribution >= 0.6 is 7.82 Å². The minimum atomic E-state index is -3.98. The van der Waals surface area contributed by atoms with E-state index in [2.05, 4.69) is 19.2 Å². The topological polar surface area (TPSA) is 146 Å². The van der Waals surface area contributed by atoms with Gasteiger partial charge in [0, 0.05) is 19.5 Å². The Hall–Kier alpha value is -2.46. The highest BCUT2D eigenvalue weighted by molar-refractivity contribution is 7.49. The van der Waals surface area contributed by atoms with Crippen LogP contribution in [0.5, 0.6) is 5.75 Å². The van der Waals surface area contributed by atoms with Crippen molar-refractivity contribution in [2.45, 2.75) is 163 Å². The number of carbonyl (C=O) groups is 3. The van der Waals surface area contributed by atoms with E-state index in [-0.39, 0.29) is 30.9 Å². The molecule has 0 unspecified atom stereocenters. The number of esters is 1. The maximum Gasteiger partial charge on any atom is 0.531 e. The Morgan fingerprint density at radius 3 is 1.75 bits per heavy atom. The van der Waals surface area contributed by atoms with Crippen LogP contribution < -0.4 is 15.6 Å². The van der Waals surface area contributed by atoms with Crippen LogP contribution in [0.15, 0.2) is 24.3 Å². The number of phosphoric ester groups is 1. The van der Waals surface area contributed by atoms with Crippen molar-refractivity contribution in [2.24, 2.45) is 5.73 Å². The van der Waals surface area contributed by atoms with Crippen LogP contribution in [0.3, 0.4) is 0 Å². The smallest absolute Gasteiger partial charge is 0.460 e. The van der Waals surface area contributed by atoms with Gasteiger partial charge >= 0.3 is 13.8 Å². The van der Waals surface area contributed by atoms with Crippen LogP contribution in [0, 0.1) is 0 Å². The number of benzene rings is 1. The second kappa shape index (κ2) is 19.7. The average molecular weight is 698 g/mol. The number of hydrogen-bond donors (Lipinski definition) is 2. The van der Waals surface area contributed by atoms with Crippen LogP contribution in [0.2, 0.25) is 0 Å². The lowest BCUT2D eigenvalue weighted by Crippen LogP contribution is -2.53. The van der Waals surface area contributed by atoms with Gasteiger partial charge in [-0.15, -0.1) is 0 Å². The molecule has 276 valence electrons. The Bertz CT molecular complexity index is 1160. The van der Waals surface area contributed by atoms with Gasteiger partial charge < -0.3 is 25.2 Å². The van der Waals surface area contributed by atoms with Gasteiger partial charge in [0.1, 0.15) is 17.4 Å². The SMILES string of the molecule is CCCCCN(CCCCC)C(=O)[C@H](CCC(=O)OC(C)(C)C)NC(=O)[C@@H](N)Cc1ccc(OP(=O)(OC(C)(C)C)OC(C)(C)C)cc1. The molecule has 48 heavy (non-hydrogen) atoms. The molecule has 1 aromatic rings. The molecule has 0 aliphatic rings. The number of nitrogens with two attached hydrogens (primary N) is 1. The normalized spacial score (nSPS) is 13.8. The second-order valence-corrected chi connectivity index (χ2v) is 16.8. The Labute approximate surface area is 290 Å². The highest BCUT2D eigenvalue weighted by Gasteiger charge is 2.38. The molecule has 0 fully saturated rings. The van der Waals surface area contributed by atoms with Gasteiger partial charge in [0.25, 0.3) is 0 Å². The number of nitrogens with one attached hydrogen (secondary N) is 1. The van der Waals surface area contributed by atoms with E-state index in [4.69, 9.17) is 24.0 Å². The first-order valence-corrected chi connectivity index (χ1v) is 18.9. The van der Waals surface area contributed by atoms with Crippen LogP contribution in [0.25, 0.3) is 0 Å². The summed E-state index contributed by atoms with van der Waals surface area (Å²) in [5, 5.41) is 2.84. The van der Waals surface area contributed by atoms with Gasteiger partial charge in [0.2, 0.25) is 11.8 Å². The summed E-state index contributed by atoms with van der Waals surface area (Å²) >= 11 is 0. The van der Waals surface area contributed by atoms with E-state index in [9.17, 15) is 18.9 Å². The predicted molar refractivity (Wildman–Crippen MR) is 191 cm³/mol. The summed E-state index contributed by atoms with van der Waals surface area (Å²) in [6, 6.07) is 4.77. The molecule has 0 aromatic heterocycles. The van der Waals surface area contributed by atoms with E-state index in [0.29, 0.717) is 13.1 Å². The molecule has 0 heterocycles. The van der Waals surface area contributed by atoms with Crippen molar-refractivity contribution in [3.05, 3.63) is 29.8 Å². The maximum atomic E-state index is 13.8. The molecule has 0 saturated heterocycles. The molecule has 0 spiro atoms. The van der Waals surface area contributed by atoms with Gasteiger partial charge in [0.05, 0.1) is 17.2 Å². The monoisotopic (exact) mass is 697 g/mol. The number of rotatable bonds is 20. The van der Waals surface area contributed by atoms with Crippen molar-refractivity contribution in [1.82, 2.24) is 10.2 Å². The largest absolute Gasteiger partial charge is 0.531 e. The Kier molecular flexibility index (Phi) is 17.8. The van der Waals surface area contributed by atoms with Crippen LogP contribution in [0.4, 0.5) is 0 Å². The molecule has 0 radical (unpaired) electrons. The van der Waals surface area contributed by atoms with Gasteiger partial charge in [-0.05, 0) is 106 Å². The number of carbonyl (C=O) groups excluding carboxylic acids is 3. The molecule has 0 saturated carbocycles. The second-order valence-electron chi connectivity index (χ2n) is 15.3. The van der Waals surface area contributed by atoms with Crippen LogP contribution in [0.1, 0.15) is 133 Å². The summed E-state index contributed by atoms with van der Waals surface area (Å²) in [4.78, 5) is 41.6. The van der Waals surface area contributed by atoms with Crippen molar-refractivity contribution in [3.63, 3.8) is 0 Å². The van der Waals surface area contributed by atoms with Gasteiger partial charge in [-0.1, -0.05) is 51.7 Å². The number of nitrogens with zero attached hydrogens (tertiary/aromatic N) is 1. The molecule has 1 rings (SSSR count). The first-order valence-electron chi connectivity index (χ1n) is 17.4. The summed E-state index contributed by atoms with van der Waals surface area (Å²) in [6.45, 7) is 21.3. The van der Waals surface area contributed by atoms with E-state index in [1.807, 2.05) is 0 Å². The quantitative estimate of drug-likeness (QED) is 0.0804. The number of ether oxygens (including phenoxy) is 1. The highest BCUT2D eigenvalue weighted by Crippen LogP contribution is 2.55. The highest BCUT2D eigenvalue weighted by atomic mass is 31.2.